The van der Waals surface area contributed by atoms with Gasteiger partial charge in [-0.15, -0.1) is 0 Å². The number of aryl methyl sites for hydroxylation is 1. The van der Waals surface area contributed by atoms with Gasteiger partial charge < -0.3 is 10.1 Å². The van der Waals surface area contributed by atoms with E-state index >= 15 is 0 Å². The van der Waals surface area contributed by atoms with Gasteiger partial charge in [0.05, 0.1) is 6.54 Å². The Bertz CT molecular complexity index is 1440. The van der Waals surface area contributed by atoms with Crippen molar-refractivity contribution in [3.8, 4) is 5.75 Å². The number of urea groups is 1. The Hall–Kier alpha value is -4.45. The van der Waals surface area contributed by atoms with Gasteiger partial charge in [0.15, 0.2) is 0 Å². The highest BCUT2D eigenvalue weighted by atomic mass is 19.1. The molecule has 3 amide bonds. The van der Waals surface area contributed by atoms with Gasteiger partial charge in [-0.3, -0.25) is 9.69 Å². The van der Waals surface area contributed by atoms with E-state index in [1.165, 1.54) is 17.7 Å². The highest BCUT2D eigenvalue weighted by Crippen LogP contribution is 2.32. The predicted molar refractivity (Wildman–Crippen MR) is 133 cm³/mol. The Labute approximate surface area is 202 Å². The van der Waals surface area contributed by atoms with Crippen LogP contribution in [0.1, 0.15) is 22.3 Å². The lowest BCUT2D eigenvalue weighted by Gasteiger charge is -2.13. The van der Waals surface area contributed by atoms with Crippen molar-refractivity contribution in [1.29, 1.82) is 0 Å². The number of carbonyl (C=O) groups is 2. The molecule has 0 spiro atoms. The van der Waals surface area contributed by atoms with Crippen molar-refractivity contribution in [2.75, 3.05) is 0 Å². The summed E-state index contributed by atoms with van der Waals surface area (Å²) >= 11 is 0. The highest BCUT2D eigenvalue weighted by molar-refractivity contribution is 6.14. The van der Waals surface area contributed by atoms with Gasteiger partial charge in [-0.2, -0.15) is 0 Å². The van der Waals surface area contributed by atoms with E-state index in [-0.39, 0.29) is 18.1 Å². The van der Waals surface area contributed by atoms with E-state index in [2.05, 4.69) is 5.32 Å². The Kier molecular flexibility index (Phi) is 6.02. The van der Waals surface area contributed by atoms with E-state index < -0.39 is 11.9 Å². The minimum Gasteiger partial charge on any atom is -0.488 e. The number of rotatable bonds is 6. The summed E-state index contributed by atoms with van der Waals surface area (Å²) in [5, 5.41) is 4.57. The zero-order valence-corrected chi connectivity index (χ0v) is 19.1. The van der Waals surface area contributed by atoms with Gasteiger partial charge >= 0.3 is 6.03 Å². The zero-order chi connectivity index (χ0) is 24.4. The molecule has 0 unspecified atom stereocenters. The van der Waals surface area contributed by atoms with Gasteiger partial charge in [-0.05, 0) is 53.1 Å². The Morgan fingerprint density at radius 1 is 0.886 bits per heavy atom. The highest BCUT2D eigenvalue weighted by Gasteiger charge is 2.33. The molecule has 1 aliphatic rings. The van der Waals surface area contributed by atoms with Crippen LogP contribution in [0.4, 0.5) is 9.18 Å². The molecule has 174 valence electrons. The minimum absolute atomic E-state index is 0.0502. The summed E-state index contributed by atoms with van der Waals surface area (Å²) in [6.07, 6.45) is 1.66. The van der Waals surface area contributed by atoms with E-state index in [9.17, 15) is 14.0 Å². The first kappa shape index (κ1) is 22.3. The fraction of sp³-hybridized carbons (Fsp3) is 0.103. The average molecular weight is 467 g/mol. The van der Waals surface area contributed by atoms with Crippen molar-refractivity contribution in [3.63, 3.8) is 0 Å². The third-order valence-electron chi connectivity index (χ3n) is 5.95. The van der Waals surface area contributed by atoms with Gasteiger partial charge in [0.2, 0.25) is 0 Å². The van der Waals surface area contributed by atoms with Crippen LogP contribution < -0.4 is 10.1 Å². The average Bonchev–Trinajstić information content (AvgIpc) is 3.13. The molecule has 1 aliphatic heterocycles. The number of amides is 3. The lowest BCUT2D eigenvalue weighted by molar-refractivity contribution is -0.123. The molecule has 0 radical (unpaired) electrons. The molecule has 1 saturated heterocycles. The number of hydrogen-bond acceptors (Lipinski definition) is 3. The fourth-order valence-electron chi connectivity index (χ4n) is 4.03. The monoisotopic (exact) mass is 466 g/mol. The van der Waals surface area contributed by atoms with Crippen molar-refractivity contribution in [3.05, 3.63) is 119 Å². The summed E-state index contributed by atoms with van der Waals surface area (Å²) < 4.78 is 19.4. The predicted octanol–water partition coefficient (Wildman–Crippen LogP) is 5.96. The molecule has 1 fully saturated rings. The smallest absolute Gasteiger partial charge is 0.329 e. The first-order chi connectivity index (χ1) is 17.0. The summed E-state index contributed by atoms with van der Waals surface area (Å²) in [6, 6.07) is 24.9. The number of ether oxygens (including phenoxy) is 1. The molecule has 0 saturated carbocycles. The van der Waals surface area contributed by atoms with Gasteiger partial charge in [0, 0.05) is 5.56 Å². The van der Waals surface area contributed by atoms with Crippen LogP contribution in [-0.4, -0.2) is 16.8 Å². The largest absolute Gasteiger partial charge is 0.488 e. The summed E-state index contributed by atoms with van der Waals surface area (Å²) in [5.41, 5.74) is 3.73. The molecule has 0 atom stereocenters. The molecule has 4 aromatic carbocycles. The number of benzene rings is 4. The first-order valence-electron chi connectivity index (χ1n) is 11.3. The number of nitrogens with one attached hydrogen (secondary N) is 1. The summed E-state index contributed by atoms with van der Waals surface area (Å²) in [6.45, 7) is 2.45. The van der Waals surface area contributed by atoms with Crippen LogP contribution in [0.15, 0.2) is 90.6 Å². The zero-order valence-electron chi connectivity index (χ0n) is 19.1. The fourth-order valence-corrected chi connectivity index (χ4v) is 4.03. The quantitative estimate of drug-likeness (QED) is 0.282. The first-order valence-corrected chi connectivity index (χ1v) is 11.3. The van der Waals surface area contributed by atoms with Crippen molar-refractivity contribution < 1.29 is 18.7 Å². The van der Waals surface area contributed by atoms with Crippen LogP contribution in [-0.2, 0) is 17.9 Å². The van der Waals surface area contributed by atoms with Crippen molar-refractivity contribution in [2.24, 2.45) is 0 Å². The molecule has 0 bridgehead atoms. The Morgan fingerprint density at radius 3 is 2.37 bits per heavy atom. The van der Waals surface area contributed by atoms with E-state index in [4.69, 9.17) is 4.74 Å². The topological polar surface area (TPSA) is 58.6 Å². The second-order valence-corrected chi connectivity index (χ2v) is 8.48. The maximum atomic E-state index is 13.2. The van der Waals surface area contributed by atoms with Gasteiger partial charge in [-0.1, -0.05) is 72.3 Å². The maximum Gasteiger partial charge on any atom is 0.329 e. The molecule has 1 N–H and O–H groups in total. The Morgan fingerprint density at radius 2 is 1.60 bits per heavy atom. The lowest BCUT2D eigenvalue weighted by atomic mass is 10.0. The van der Waals surface area contributed by atoms with Crippen LogP contribution in [0.5, 0.6) is 5.75 Å². The molecule has 4 aromatic rings. The van der Waals surface area contributed by atoms with E-state index in [1.807, 2.05) is 67.6 Å². The number of nitrogens with zero attached hydrogens (tertiary/aromatic N) is 1. The van der Waals surface area contributed by atoms with E-state index in [0.717, 1.165) is 21.2 Å². The standard InChI is InChI=1S/C29H23FN2O3/c1-19-6-8-21(9-7-19)18-35-27-15-12-22-4-2-3-5-24(22)25(27)16-26-28(33)32(29(34)31-26)17-20-10-13-23(30)14-11-20/h2-16H,17-18H2,1H3,(H,31,34)/b26-16+. The number of hydrogen-bond donors (Lipinski definition) is 1. The molecule has 35 heavy (non-hydrogen) atoms. The van der Waals surface area contributed by atoms with E-state index in [0.29, 0.717) is 23.5 Å². The van der Waals surface area contributed by atoms with Gasteiger partial charge in [-0.25, -0.2) is 9.18 Å². The molecule has 5 rings (SSSR count). The normalized spacial score (nSPS) is 14.6. The molecular formula is C29H23FN2O3. The molecule has 1 heterocycles. The van der Waals surface area contributed by atoms with Crippen LogP contribution in [0.25, 0.3) is 16.8 Å². The molecule has 5 nitrogen and oxygen atoms in total. The molecule has 0 aliphatic carbocycles. The third-order valence-corrected chi connectivity index (χ3v) is 5.95. The van der Waals surface area contributed by atoms with Crippen LogP contribution in [0.2, 0.25) is 0 Å². The van der Waals surface area contributed by atoms with Crippen LogP contribution in [0.3, 0.4) is 0 Å². The number of halogens is 1. The second kappa shape index (κ2) is 9.43. The van der Waals surface area contributed by atoms with Gasteiger partial charge in [0.25, 0.3) is 5.91 Å². The SMILES string of the molecule is Cc1ccc(COc2ccc3ccccc3c2/C=C2/NC(=O)N(Cc3ccc(F)cc3)C2=O)cc1. The van der Waals surface area contributed by atoms with E-state index in [1.54, 1.807) is 18.2 Å². The summed E-state index contributed by atoms with van der Waals surface area (Å²) in [4.78, 5) is 26.8. The lowest BCUT2D eigenvalue weighted by Crippen LogP contribution is -2.30. The van der Waals surface area contributed by atoms with Crippen LogP contribution >= 0.6 is 0 Å². The summed E-state index contributed by atoms with van der Waals surface area (Å²) in [5.74, 6) is -0.215. The van der Waals surface area contributed by atoms with Crippen molar-refractivity contribution >= 4 is 28.8 Å². The minimum atomic E-state index is -0.520. The number of fused-ring (bicyclic) bond motifs is 1. The van der Waals surface area contributed by atoms with Crippen LogP contribution in [0, 0.1) is 12.7 Å². The molecular weight excluding hydrogens is 443 g/mol. The van der Waals surface area contributed by atoms with Crippen molar-refractivity contribution in [1.82, 2.24) is 10.2 Å². The molecule has 6 heteroatoms. The maximum absolute atomic E-state index is 13.2. The molecule has 0 aromatic heterocycles. The second-order valence-electron chi connectivity index (χ2n) is 8.48. The number of carbonyl (C=O) groups excluding carboxylic acids is 2. The van der Waals surface area contributed by atoms with Crippen molar-refractivity contribution in [2.45, 2.75) is 20.1 Å². The third kappa shape index (κ3) is 4.77. The summed E-state index contributed by atoms with van der Waals surface area (Å²) in [7, 11) is 0. The van der Waals surface area contributed by atoms with Gasteiger partial charge in [0.1, 0.15) is 23.9 Å². The number of imide groups is 1. The Balaban J connectivity index is 1.46.